The maximum atomic E-state index is 5.92. The molecule has 1 aliphatic rings. The number of hydrogen-bond acceptors (Lipinski definition) is 2. The van der Waals surface area contributed by atoms with Crippen molar-refractivity contribution < 1.29 is 4.74 Å². The second kappa shape index (κ2) is 4.84. The second-order valence-corrected chi connectivity index (χ2v) is 6.55. The Hall–Kier alpha value is -0.0800. The zero-order valence-corrected chi connectivity index (χ0v) is 11.0. The molecule has 1 aliphatic heterocycles. The minimum absolute atomic E-state index is 0.108. The summed E-state index contributed by atoms with van der Waals surface area (Å²) in [7, 11) is 0. The van der Waals surface area contributed by atoms with Crippen LogP contribution >= 0.6 is 0 Å². The Balaban J connectivity index is 2.07. The van der Waals surface area contributed by atoms with Crippen molar-refractivity contribution in [3.05, 3.63) is 0 Å². The average Bonchev–Trinajstić information content (AvgIpc) is 2.38. The van der Waals surface area contributed by atoms with E-state index in [4.69, 9.17) is 4.74 Å². The molecule has 0 aromatic heterocycles. The monoisotopic (exact) mass is 213 g/mol. The van der Waals surface area contributed by atoms with Crippen LogP contribution in [-0.4, -0.2) is 24.8 Å². The summed E-state index contributed by atoms with van der Waals surface area (Å²) >= 11 is 0. The van der Waals surface area contributed by atoms with Gasteiger partial charge in [0, 0.05) is 6.54 Å². The second-order valence-electron chi connectivity index (χ2n) is 6.55. The van der Waals surface area contributed by atoms with E-state index in [-0.39, 0.29) is 5.60 Å². The fourth-order valence-corrected chi connectivity index (χ4v) is 1.95. The van der Waals surface area contributed by atoms with E-state index in [2.05, 4.69) is 39.9 Å². The molecule has 1 saturated heterocycles. The molecule has 2 heteroatoms. The van der Waals surface area contributed by atoms with Crippen molar-refractivity contribution in [3.63, 3.8) is 0 Å². The smallest absolute Gasteiger partial charge is 0.0707 e. The molecule has 0 saturated carbocycles. The first-order chi connectivity index (χ1) is 6.79. The minimum Gasteiger partial charge on any atom is -0.371 e. The summed E-state index contributed by atoms with van der Waals surface area (Å²) < 4.78 is 5.92. The molecule has 1 atom stereocenters. The molecular weight excluding hydrogens is 186 g/mol. The maximum absolute atomic E-state index is 5.92. The summed E-state index contributed by atoms with van der Waals surface area (Å²) in [5.41, 5.74) is 0.541. The highest BCUT2D eigenvalue weighted by atomic mass is 16.5. The van der Waals surface area contributed by atoms with Gasteiger partial charge in [-0.1, -0.05) is 20.8 Å². The molecule has 2 nitrogen and oxygen atoms in total. The molecule has 0 amide bonds. The molecule has 0 bridgehead atoms. The van der Waals surface area contributed by atoms with Crippen LogP contribution in [0.15, 0.2) is 0 Å². The molecule has 15 heavy (non-hydrogen) atoms. The van der Waals surface area contributed by atoms with Gasteiger partial charge in [0.25, 0.3) is 0 Å². The molecule has 1 heterocycles. The van der Waals surface area contributed by atoms with Crippen molar-refractivity contribution in [2.75, 3.05) is 13.1 Å². The molecular formula is C13H27NO. The lowest BCUT2D eigenvalue weighted by molar-refractivity contribution is -0.0143. The van der Waals surface area contributed by atoms with Crippen molar-refractivity contribution in [2.45, 2.75) is 65.6 Å². The van der Waals surface area contributed by atoms with Crippen LogP contribution in [0.1, 0.15) is 53.9 Å². The molecule has 1 N–H and O–H groups in total. The van der Waals surface area contributed by atoms with Crippen LogP contribution in [0.5, 0.6) is 0 Å². The highest BCUT2D eigenvalue weighted by Crippen LogP contribution is 2.28. The molecule has 1 fully saturated rings. The van der Waals surface area contributed by atoms with E-state index in [0.717, 1.165) is 13.1 Å². The van der Waals surface area contributed by atoms with E-state index < -0.39 is 0 Å². The van der Waals surface area contributed by atoms with Crippen LogP contribution in [0, 0.1) is 5.41 Å². The maximum Gasteiger partial charge on any atom is 0.0707 e. The standard InChI is InChI=1S/C13H27NO/c1-12(2,3)8-9-14-10-11-6-7-13(4,5)15-11/h11,14H,6-10H2,1-5H3. The Morgan fingerprint density at radius 1 is 1.33 bits per heavy atom. The third kappa shape index (κ3) is 5.53. The topological polar surface area (TPSA) is 21.3 Å². The quantitative estimate of drug-likeness (QED) is 0.725. The van der Waals surface area contributed by atoms with Crippen molar-refractivity contribution in [3.8, 4) is 0 Å². The lowest BCUT2D eigenvalue weighted by Gasteiger charge is -2.21. The average molecular weight is 213 g/mol. The minimum atomic E-state index is 0.108. The van der Waals surface area contributed by atoms with E-state index >= 15 is 0 Å². The third-order valence-electron chi connectivity index (χ3n) is 2.98. The first kappa shape index (κ1) is 13.0. The van der Waals surface area contributed by atoms with Gasteiger partial charge in [0.05, 0.1) is 11.7 Å². The van der Waals surface area contributed by atoms with Gasteiger partial charge < -0.3 is 10.1 Å². The molecule has 1 rings (SSSR count). The van der Waals surface area contributed by atoms with Crippen LogP contribution in [0.25, 0.3) is 0 Å². The van der Waals surface area contributed by atoms with Crippen molar-refractivity contribution in [2.24, 2.45) is 5.41 Å². The van der Waals surface area contributed by atoms with Crippen LogP contribution in [0.2, 0.25) is 0 Å². The van der Waals surface area contributed by atoms with Crippen molar-refractivity contribution in [1.29, 1.82) is 0 Å². The fourth-order valence-electron chi connectivity index (χ4n) is 1.95. The Morgan fingerprint density at radius 2 is 2.00 bits per heavy atom. The fraction of sp³-hybridized carbons (Fsp3) is 1.00. The van der Waals surface area contributed by atoms with Gasteiger partial charge in [-0.15, -0.1) is 0 Å². The zero-order valence-electron chi connectivity index (χ0n) is 11.0. The normalized spacial score (nSPS) is 25.8. The lowest BCUT2D eigenvalue weighted by Crippen LogP contribution is -2.31. The van der Waals surface area contributed by atoms with Crippen molar-refractivity contribution in [1.82, 2.24) is 5.32 Å². The highest BCUT2D eigenvalue weighted by Gasteiger charge is 2.31. The van der Waals surface area contributed by atoms with Gasteiger partial charge in [-0.2, -0.15) is 0 Å². The summed E-state index contributed by atoms with van der Waals surface area (Å²) in [4.78, 5) is 0. The van der Waals surface area contributed by atoms with Crippen LogP contribution < -0.4 is 5.32 Å². The lowest BCUT2D eigenvalue weighted by atomic mass is 9.92. The molecule has 0 radical (unpaired) electrons. The first-order valence-corrected chi connectivity index (χ1v) is 6.17. The Morgan fingerprint density at radius 3 is 2.47 bits per heavy atom. The van der Waals surface area contributed by atoms with Gasteiger partial charge in [-0.3, -0.25) is 0 Å². The van der Waals surface area contributed by atoms with E-state index in [1.807, 2.05) is 0 Å². The van der Waals surface area contributed by atoms with Gasteiger partial charge >= 0.3 is 0 Å². The Bertz CT molecular complexity index is 193. The van der Waals surface area contributed by atoms with Gasteiger partial charge in [0.1, 0.15) is 0 Å². The SMILES string of the molecule is CC(C)(C)CCNCC1CCC(C)(C)O1. The number of rotatable bonds is 4. The van der Waals surface area contributed by atoms with Crippen molar-refractivity contribution >= 4 is 0 Å². The molecule has 0 aliphatic carbocycles. The van der Waals surface area contributed by atoms with E-state index in [1.165, 1.54) is 19.3 Å². The summed E-state index contributed by atoms with van der Waals surface area (Å²) in [6.07, 6.45) is 4.05. The summed E-state index contributed by atoms with van der Waals surface area (Å²) in [6, 6.07) is 0. The largest absolute Gasteiger partial charge is 0.371 e. The highest BCUT2D eigenvalue weighted by molar-refractivity contribution is 4.81. The number of nitrogens with one attached hydrogen (secondary N) is 1. The first-order valence-electron chi connectivity index (χ1n) is 6.17. The van der Waals surface area contributed by atoms with Crippen LogP contribution in [0.3, 0.4) is 0 Å². The molecule has 0 aromatic rings. The van der Waals surface area contributed by atoms with E-state index in [9.17, 15) is 0 Å². The van der Waals surface area contributed by atoms with Crippen LogP contribution in [-0.2, 0) is 4.74 Å². The predicted octanol–water partition coefficient (Wildman–Crippen LogP) is 2.97. The summed E-state index contributed by atoms with van der Waals surface area (Å²) in [5.74, 6) is 0. The number of ether oxygens (including phenoxy) is 1. The predicted molar refractivity (Wildman–Crippen MR) is 65.1 cm³/mol. The zero-order chi connectivity index (χ0) is 11.5. The number of hydrogen-bond donors (Lipinski definition) is 1. The Kier molecular flexibility index (Phi) is 4.19. The molecule has 0 aromatic carbocycles. The van der Waals surface area contributed by atoms with E-state index in [1.54, 1.807) is 0 Å². The Labute approximate surface area is 94.8 Å². The molecule has 90 valence electrons. The van der Waals surface area contributed by atoms with Gasteiger partial charge in [-0.05, 0) is 45.1 Å². The summed E-state index contributed by atoms with van der Waals surface area (Å²) in [6.45, 7) is 13.3. The van der Waals surface area contributed by atoms with Crippen LogP contribution in [0.4, 0.5) is 0 Å². The summed E-state index contributed by atoms with van der Waals surface area (Å²) in [5, 5.41) is 3.50. The van der Waals surface area contributed by atoms with E-state index in [0.29, 0.717) is 11.5 Å². The molecule has 0 spiro atoms. The van der Waals surface area contributed by atoms with Gasteiger partial charge in [0.15, 0.2) is 0 Å². The van der Waals surface area contributed by atoms with Gasteiger partial charge in [-0.25, -0.2) is 0 Å². The van der Waals surface area contributed by atoms with Gasteiger partial charge in [0.2, 0.25) is 0 Å². The molecule has 1 unspecified atom stereocenters. The third-order valence-corrected chi connectivity index (χ3v) is 2.98.